The fourth-order valence-corrected chi connectivity index (χ4v) is 2.93. The first kappa shape index (κ1) is 17.0. The molecule has 22 heavy (non-hydrogen) atoms. The van der Waals surface area contributed by atoms with E-state index >= 15 is 0 Å². The minimum atomic E-state index is -4.42. The molecule has 0 aliphatic heterocycles. The number of halogens is 4. The van der Waals surface area contributed by atoms with E-state index in [-0.39, 0.29) is 18.4 Å². The molecule has 1 aliphatic carbocycles. The van der Waals surface area contributed by atoms with E-state index in [0.29, 0.717) is 23.4 Å². The molecular weight excluding hydrogens is 317 g/mol. The molecule has 2 aromatic rings. The molecule has 0 spiro atoms. The van der Waals surface area contributed by atoms with E-state index in [4.69, 9.17) is 5.73 Å². The fraction of sp³-hybridized carbons (Fsp3) is 0.571. The number of nitrogens with zero attached hydrogens (tertiary/aromatic N) is 3. The lowest BCUT2D eigenvalue weighted by atomic mass is 9.86. The number of alkyl halides is 3. The van der Waals surface area contributed by atoms with E-state index in [1.807, 2.05) is 0 Å². The second-order valence-corrected chi connectivity index (χ2v) is 5.65. The first-order chi connectivity index (χ1) is 9.97. The van der Waals surface area contributed by atoms with Gasteiger partial charge in [-0.1, -0.05) is 0 Å². The minimum absolute atomic E-state index is 0. The molecule has 1 fully saturated rings. The Hall–Kier alpha value is -1.34. The van der Waals surface area contributed by atoms with Gasteiger partial charge in [0.2, 0.25) is 0 Å². The lowest BCUT2D eigenvalue weighted by molar-refractivity contribution is -0.141. The molecule has 0 radical (unpaired) electrons. The third-order valence-corrected chi connectivity index (χ3v) is 4.22. The minimum Gasteiger partial charge on any atom is -0.330 e. The maximum atomic E-state index is 12.7. The van der Waals surface area contributed by atoms with Gasteiger partial charge in [0.05, 0.1) is 12.2 Å². The largest absolute Gasteiger partial charge is 0.433 e. The highest BCUT2D eigenvalue weighted by Gasteiger charge is 2.33. The van der Waals surface area contributed by atoms with Crippen molar-refractivity contribution in [2.75, 3.05) is 6.54 Å². The standard InChI is InChI=1S/C14H17F3N4.ClH/c15-14(16,17)13-5-10-8-21(20-12(10)7-19-13)11-3-1-9(6-18)2-4-11;/h5,7-9,11H,1-4,6,18H2;1H. The van der Waals surface area contributed by atoms with Crippen LogP contribution in [0.4, 0.5) is 13.2 Å². The maximum absolute atomic E-state index is 12.7. The Morgan fingerprint density at radius 3 is 2.50 bits per heavy atom. The predicted octanol–water partition coefficient (Wildman–Crippen LogP) is 3.56. The van der Waals surface area contributed by atoms with Crippen LogP contribution in [-0.4, -0.2) is 21.3 Å². The Morgan fingerprint density at radius 1 is 1.23 bits per heavy atom. The van der Waals surface area contributed by atoms with Crippen LogP contribution in [0, 0.1) is 5.92 Å². The Morgan fingerprint density at radius 2 is 1.91 bits per heavy atom. The molecule has 3 rings (SSSR count). The van der Waals surface area contributed by atoms with E-state index in [9.17, 15) is 13.2 Å². The van der Waals surface area contributed by atoms with Crippen molar-refractivity contribution < 1.29 is 13.2 Å². The average Bonchev–Trinajstić information content (AvgIpc) is 2.89. The third-order valence-electron chi connectivity index (χ3n) is 4.22. The zero-order valence-electron chi connectivity index (χ0n) is 11.9. The van der Waals surface area contributed by atoms with Crippen molar-refractivity contribution in [3.63, 3.8) is 0 Å². The Balaban J connectivity index is 0.00000176. The van der Waals surface area contributed by atoms with E-state index in [1.165, 1.54) is 6.20 Å². The third kappa shape index (κ3) is 3.35. The van der Waals surface area contributed by atoms with E-state index < -0.39 is 11.9 Å². The van der Waals surface area contributed by atoms with Gasteiger partial charge in [0.25, 0.3) is 0 Å². The Bertz CT molecular complexity index is 633. The van der Waals surface area contributed by atoms with Crippen LogP contribution in [0.25, 0.3) is 10.9 Å². The van der Waals surface area contributed by atoms with Crippen molar-refractivity contribution in [2.24, 2.45) is 11.7 Å². The molecule has 4 nitrogen and oxygen atoms in total. The summed E-state index contributed by atoms with van der Waals surface area (Å²) in [6, 6.07) is 1.30. The van der Waals surface area contributed by atoms with Crippen molar-refractivity contribution >= 4 is 23.3 Å². The second kappa shape index (κ2) is 6.42. The summed E-state index contributed by atoms with van der Waals surface area (Å²) in [5.74, 6) is 0.560. The van der Waals surface area contributed by atoms with Crippen LogP contribution < -0.4 is 5.73 Å². The van der Waals surface area contributed by atoms with Crippen molar-refractivity contribution in [1.29, 1.82) is 0 Å². The molecule has 2 aromatic heterocycles. The molecule has 0 amide bonds. The molecule has 1 saturated carbocycles. The van der Waals surface area contributed by atoms with E-state index in [1.54, 1.807) is 10.9 Å². The monoisotopic (exact) mass is 334 g/mol. The van der Waals surface area contributed by atoms with Crippen LogP contribution >= 0.6 is 12.4 Å². The van der Waals surface area contributed by atoms with Gasteiger partial charge in [-0.15, -0.1) is 12.4 Å². The van der Waals surface area contributed by atoms with Crippen molar-refractivity contribution in [3.05, 3.63) is 24.2 Å². The smallest absolute Gasteiger partial charge is 0.330 e. The van der Waals surface area contributed by atoms with Crippen LogP contribution in [0.3, 0.4) is 0 Å². The van der Waals surface area contributed by atoms with Gasteiger partial charge in [0.1, 0.15) is 11.2 Å². The molecule has 2 heterocycles. The summed E-state index contributed by atoms with van der Waals surface area (Å²) < 4.78 is 39.8. The molecule has 0 saturated heterocycles. The fourth-order valence-electron chi connectivity index (χ4n) is 2.93. The van der Waals surface area contributed by atoms with Crippen molar-refractivity contribution in [2.45, 2.75) is 37.9 Å². The highest BCUT2D eigenvalue weighted by molar-refractivity contribution is 5.85. The van der Waals surface area contributed by atoms with Crippen LogP contribution in [-0.2, 0) is 6.18 Å². The van der Waals surface area contributed by atoms with Crippen LogP contribution in [0.1, 0.15) is 37.4 Å². The second-order valence-electron chi connectivity index (χ2n) is 5.65. The van der Waals surface area contributed by atoms with Gasteiger partial charge in [0.15, 0.2) is 0 Å². The van der Waals surface area contributed by atoms with Gasteiger partial charge in [-0.05, 0) is 44.2 Å². The Kier molecular flexibility index (Phi) is 4.97. The van der Waals surface area contributed by atoms with Crippen molar-refractivity contribution in [1.82, 2.24) is 14.8 Å². The normalized spacial score (nSPS) is 22.5. The van der Waals surface area contributed by atoms with Gasteiger partial charge in [-0.25, -0.2) is 4.98 Å². The number of hydrogen-bond donors (Lipinski definition) is 1. The van der Waals surface area contributed by atoms with E-state index in [0.717, 1.165) is 31.7 Å². The van der Waals surface area contributed by atoms with Gasteiger partial charge >= 0.3 is 6.18 Å². The molecule has 0 atom stereocenters. The Labute approximate surface area is 132 Å². The maximum Gasteiger partial charge on any atom is 0.433 e. The summed E-state index contributed by atoms with van der Waals surface area (Å²) >= 11 is 0. The van der Waals surface area contributed by atoms with Crippen molar-refractivity contribution in [3.8, 4) is 0 Å². The van der Waals surface area contributed by atoms with Gasteiger partial charge in [-0.2, -0.15) is 18.3 Å². The number of rotatable bonds is 2. The predicted molar refractivity (Wildman–Crippen MR) is 79.8 cm³/mol. The molecule has 1 aliphatic rings. The molecule has 2 N–H and O–H groups in total. The lowest BCUT2D eigenvalue weighted by Crippen LogP contribution is -2.23. The van der Waals surface area contributed by atoms with E-state index in [2.05, 4.69) is 10.1 Å². The highest BCUT2D eigenvalue weighted by Crippen LogP contribution is 2.33. The summed E-state index contributed by atoms with van der Waals surface area (Å²) in [7, 11) is 0. The molecule has 122 valence electrons. The average molecular weight is 335 g/mol. The zero-order valence-corrected chi connectivity index (χ0v) is 12.7. The number of nitrogens with two attached hydrogens (primary N) is 1. The van der Waals surface area contributed by atoms with Crippen LogP contribution in [0.15, 0.2) is 18.5 Å². The zero-order chi connectivity index (χ0) is 15.0. The van der Waals surface area contributed by atoms with Crippen LogP contribution in [0.2, 0.25) is 0 Å². The topological polar surface area (TPSA) is 56.7 Å². The highest BCUT2D eigenvalue weighted by atomic mass is 35.5. The first-order valence-corrected chi connectivity index (χ1v) is 7.09. The molecular formula is C14H18ClF3N4. The summed E-state index contributed by atoms with van der Waals surface area (Å²) in [5, 5.41) is 4.85. The molecule has 0 aromatic carbocycles. The first-order valence-electron chi connectivity index (χ1n) is 7.09. The number of pyridine rings is 1. The number of aromatic nitrogens is 3. The summed E-state index contributed by atoms with van der Waals surface area (Å²) in [6.07, 6.45) is 2.49. The molecule has 8 heteroatoms. The summed E-state index contributed by atoms with van der Waals surface area (Å²) in [4.78, 5) is 3.44. The summed E-state index contributed by atoms with van der Waals surface area (Å²) in [5.41, 5.74) is 5.30. The van der Waals surface area contributed by atoms with Crippen LogP contribution in [0.5, 0.6) is 0 Å². The number of fused-ring (bicyclic) bond motifs is 1. The quantitative estimate of drug-likeness (QED) is 0.913. The van der Waals surface area contributed by atoms with Gasteiger partial charge in [-0.3, -0.25) is 4.68 Å². The SMILES string of the molecule is Cl.NCC1CCC(n2cc3cc(C(F)(F)F)ncc3n2)CC1. The van der Waals surface area contributed by atoms with Gasteiger partial charge in [0, 0.05) is 11.6 Å². The van der Waals surface area contributed by atoms with Gasteiger partial charge < -0.3 is 5.73 Å². The number of hydrogen-bond acceptors (Lipinski definition) is 3. The summed E-state index contributed by atoms with van der Waals surface area (Å²) in [6.45, 7) is 0.701. The molecule has 0 unspecified atom stereocenters. The lowest BCUT2D eigenvalue weighted by Gasteiger charge is -2.27. The molecule has 0 bridgehead atoms.